The molecule has 0 amide bonds. The largest absolute Gasteiger partial charge is 0.493 e. The van der Waals surface area contributed by atoms with Crippen LogP contribution in [0.3, 0.4) is 0 Å². The van der Waals surface area contributed by atoms with Gasteiger partial charge in [-0.1, -0.05) is 48.5 Å². The number of nitrogens with zero attached hydrogens (tertiary/aromatic N) is 8. The van der Waals surface area contributed by atoms with Crippen LogP contribution in [0, 0.1) is 0 Å². The molecule has 2 aliphatic rings. The standard InChI is InChI=1S/C35H29N9O2/c1-45-30-15-12-25(40-34-36-17-23-19-38-43(32(23)41-34)28-13-10-21-6-2-4-8-26(21)28)16-31(30)46-35-37-18-24-20-39-44(33(24)42-35)29-14-11-22-7-3-5-9-27(22)29/h2-9,12,15-20,28-29H,10-11,13-14H2,1H3,(H,36,40,41)/t28-,29+/m0/s1. The van der Waals surface area contributed by atoms with Crippen LogP contribution in [0.2, 0.25) is 0 Å². The number of benzene rings is 3. The number of aromatic nitrogens is 8. The number of ether oxygens (including phenoxy) is 2. The normalized spacial score (nSPS) is 16.9. The van der Waals surface area contributed by atoms with Crippen LogP contribution in [0.25, 0.3) is 22.1 Å². The van der Waals surface area contributed by atoms with Gasteiger partial charge in [-0.15, -0.1) is 0 Å². The lowest BCUT2D eigenvalue weighted by Gasteiger charge is -2.14. The van der Waals surface area contributed by atoms with Crippen molar-refractivity contribution in [2.45, 2.75) is 37.8 Å². The van der Waals surface area contributed by atoms with Crippen LogP contribution in [0.15, 0.2) is 91.5 Å². The number of nitrogens with one attached hydrogen (secondary N) is 1. The van der Waals surface area contributed by atoms with Crippen molar-refractivity contribution < 1.29 is 9.47 Å². The van der Waals surface area contributed by atoms with E-state index < -0.39 is 0 Å². The van der Waals surface area contributed by atoms with Crippen molar-refractivity contribution >= 4 is 33.7 Å². The molecular formula is C35H29N9O2. The quantitative estimate of drug-likeness (QED) is 0.214. The summed E-state index contributed by atoms with van der Waals surface area (Å²) in [5.74, 6) is 1.45. The van der Waals surface area contributed by atoms with Gasteiger partial charge in [0.05, 0.1) is 42.4 Å². The summed E-state index contributed by atoms with van der Waals surface area (Å²) in [5.41, 5.74) is 7.54. The zero-order valence-corrected chi connectivity index (χ0v) is 25.0. The Balaban J connectivity index is 1.00. The van der Waals surface area contributed by atoms with E-state index in [1.165, 1.54) is 22.3 Å². The summed E-state index contributed by atoms with van der Waals surface area (Å²) >= 11 is 0. The molecule has 0 spiro atoms. The minimum absolute atomic E-state index is 0.121. The first kappa shape index (κ1) is 26.6. The SMILES string of the molecule is COc1ccc(Nc2ncc3cnn([C@H]4CCc5ccccc54)c3n2)cc1Oc1ncc2cnn([C@@H]3CCc4ccccc43)c2n1. The second-order valence-electron chi connectivity index (χ2n) is 11.7. The predicted molar refractivity (Wildman–Crippen MR) is 173 cm³/mol. The number of rotatable bonds is 7. The van der Waals surface area contributed by atoms with Gasteiger partial charge < -0.3 is 14.8 Å². The van der Waals surface area contributed by atoms with E-state index >= 15 is 0 Å². The highest BCUT2D eigenvalue weighted by Crippen LogP contribution is 2.38. The van der Waals surface area contributed by atoms with Gasteiger partial charge in [0.25, 0.3) is 0 Å². The number of anilines is 2. The number of methoxy groups -OCH3 is 1. The minimum Gasteiger partial charge on any atom is -0.493 e. The van der Waals surface area contributed by atoms with Crippen LogP contribution >= 0.6 is 0 Å². The number of hydrogen-bond donors (Lipinski definition) is 1. The summed E-state index contributed by atoms with van der Waals surface area (Å²) in [6.07, 6.45) is 11.2. The van der Waals surface area contributed by atoms with Crippen LogP contribution in [-0.4, -0.2) is 46.6 Å². The Morgan fingerprint density at radius 2 is 1.33 bits per heavy atom. The Morgan fingerprint density at radius 1 is 0.696 bits per heavy atom. The lowest BCUT2D eigenvalue weighted by atomic mass is 10.1. The summed E-state index contributed by atoms with van der Waals surface area (Å²) < 4.78 is 15.8. The van der Waals surface area contributed by atoms with Crippen LogP contribution in [0.1, 0.15) is 47.2 Å². The van der Waals surface area contributed by atoms with Crippen molar-refractivity contribution in [3.63, 3.8) is 0 Å². The second-order valence-corrected chi connectivity index (χ2v) is 11.7. The Morgan fingerprint density at radius 3 is 2.00 bits per heavy atom. The molecule has 7 aromatic rings. The van der Waals surface area contributed by atoms with Gasteiger partial charge in [-0.25, -0.2) is 19.3 Å². The van der Waals surface area contributed by atoms with Gasteiger partial charge >= 0.3 is 6.01 Å². The summed E-state index contributed by atoms with van der Waals surface area (Å²) in [6.45, 7) is 0. The fourth-order valence-electron chi connectivity index (χ4n) is 6.86. The third-order valence-corrected chi connectivity index (χ3v) is 9.06. The molecule has 4 aromatic heterocycles. The van der Waals surface area contributed by atoms with Gasteiger partial charge in [-0.2, -0.15) is 20.2 Å². The van der Waals surface area contributed by atoms with Crippen LogP contribution in [0.4, 0.5) is 11.6 Å². The third-order valence-electron chi connectivity index (χ3n) is 9.06. The van der Waals surface area contributed by atoms with Gasteiger partial charge in [0.15, 0.2) is 22.8 Å². The van der Waals surface area contributed by atoms with Gasteiger partial charge in [-0.05, 0) is 60.1 Å². The molecule has 0 saturated carbocycles. The van der Waals surface area contributed by atoms with Crippen molar-refractivity contribution in [1.29, 1.82) is 0 Å². The lowest BCUT2D eigenvalue weighted by Crippen LogP contribution is -2.10. The first-order valence-corrected chi connectivity index (χ1v) is 15.4. The van der Waals surface area contributed by atoms with Crippen LogP contribution in [0.5, 0.6) is 17.5 Å². The smallest absolute Gasteiger partial charge is 0.324 e. The zero-order valence-electron chi connectivity index (χ0n) is 25.0. The van der Waals surface area contributed by atoms with Crippen molar-refractivity contribution in [1.82, 2.24) is 39.5 Å². The number of hydrogen-bond acceptors (Lipinski definition) is 9. The van der Waals surface area contributed by atoms with E-state index in [0.717, 1.165) is 53.4 Å². The Bertz CT molecular complexity index is 2260. The van der Waals surface area contributed by atoms with Gasteiger partial charge in [0, 0.05) is 24.1 Å². The van der Waals surface area contributed by atoms with E-state index in [4.69, 9.17) is 24.5 Å². The monoisotopic (exact) mass is 607 g/mol. The fraction of sp³-hybridized carbons (Fsp3) is 0.200. The number of aryl methyl sites for hydroxylation is 2. The fourth-order valence-corrected chi connectivity index (χ4v) is 6.86. The van der Waals surface area contributed by atoms with Crippen molar-refractivity contribution in [3.05, 3.63) is 114 Å². The molecule has 46 heavy (non-hydrogen) atoms. The Labute approximate surface area is 263 Å². The average molecular weight is 608 g/mol. The molecule has 0 saturated heterocycles. The molecule has 1 N–H and O–H groups in total. The Hall–Kier alpha value is -5.84. The van der Waals surface area contributed by atoms with Crippen molar-refractivity contribution in [2.75, 3.05) is 12.4 Å². The zero-order chi connectivity index (χ0) is 30.6. The molecule has 0 radical (unpaired) electrons. The van der Waals surface area contributed by atoms with E-state index in [9.17, 15) is 0 Å². The van der Waals surface area contributed by atoms with E-state index in [-0.39, 0.29) is 18.1 Å². The summed E-state index contributed by atoms with van der Waals surface area (Å²) in [7, 11) is 1.60. The third kappa shape index (κ3) is 4.42. The molecule has 2 atom stereocenters. The maximum absolute atomic E-state index is 6.24. The molecule has 226 valence electrons. The lowest BCUT2D eigenvalue weighted by molar-refractivity contribution is 0.368. The highest BCUT2D eigenvalue weighted by Gasteiger charge is 2.27. The Kier molecular flexibility index (Phi) is 6.15. The molecule has 0 fully saturated rings. The molecule has 11 nitrogen and oxygen atoms in total. The first-order valence-electron chi connectivity index (χ1n) is 15.4. The highest BCUT2D eigenvalue weighted by molar-refractivity contribution is 5.76. The van der Waals surface area contributed by atoms with E-state index in [1.807, 2.05) is 33.8 Å². The molecular weight excluding hydrogens is 578 g/mol. The minimum atomic E-state index is 0.121. The molecule has 9 rings (SSSR count). The van der Waals surface area contributed by atoms with E-state index in [0.29, 0.717) is 17.4 Å². The van der Waals surface area contributed by atoms with E-state index in [1.54, 1.807) is 25.7 Å². The van der Waals surface area contributed by atoms with Crippen molar-refractivity contribution in [2.24, 2.45) is 0 Å². The van der Waals surface area contributed by atoms with Gasteiger partial charge in [0.2, 0.25) is 5.95 Å². The van der Waals surface area contributed by atoms with E-state index in [2.05, 4.69) is 68.9 Å². The highest BCUT2D eigenvalue weighted by atomic mass is 16.5. The molecule has 0 unspecified atom stereocenters. The molecule has 11 heteroatoms. The molecule has 4 heterocycles. The maximum atomic E-state index is 6.24. The average Bonchev–Trinajstić information content (AvgIpc) is 3.89. The van der Waals surface area contributed by atoms with Gasteiger partial charge in [-0.3, -0.25) is 0 Å². The summed E-state index contributed by atoms with van der Waals surface area (Å²) in [4.78, 5) is 18.7. The van der Waals surface area contributed by atoms with Gasteiger partial charge in [0.1, 0.15) is 0 Å². The van der Waals surface area contributed by atoms with Crippen LogP contribution in [-0.2, 0) is 12.8 Å². The molecule has 2 aliphatic carbocycles. The van der Waals surface area contributed by atoms with Crippen molar-refractivity contribution in [3.8, 4) is 17.5 Å². The predicted octanol–water partition coefficient (Wildman–Crippen LogP) is 6.58. The second kappa shape index (κ2) is 10.7. The topological polar surface area (TPSA) is 118 Å². The molecule has 0 bridgehead atoms. The summed E-state index contributed by atoms with van der Waals surface area (Å²) in [5, 5.41) is 14.5. The molecule has 3 aromatic carbocycles. The first-order chi connectivity index (χ1) is 22.7. The summed E-state index contributed by atoms with van der Waals surface area (Å²) in [6, 6.07) is 23.1. The maximum Gasteiger partial charge on any atom is 0.324 e. The number of fused-ring (bicyclic) bond motifs is 4. The molecule has 0 aliphatic heterocycles. The van der Waals surface area contributed by atoms with Crippen LogP contribution < -0.4 is 14.8 Å².